The van der Waals surface area contributed by atoms with Gasteiger partial charge in [0.05, 0.1) is 44.7 Å². The first-order valence-corrected chi connectivity index (χ1v) is 17.9. The molecule has 0 bridgehead atoms. The van der Waals surface area contributed by atoms with Gasteiger partial charge in [0.25, 0.3) is 5.91 Å². The summed E-state index contributed by atoms with van der Waals surface area (Å²) in [6.45, 7) is 0.456. The third-order valence-electron chi connectivity index (χ3n) is 9.26. The van der Waals surface area contributed by atoms with Crippen LogP contribution in [0.15, 0.2) is 109 Å². The first-order valence-electron chi connectivity index (χ1n) is 17.1. The number of imidazole rings is 1. The summed E-state index contributed by atoms with van der Waals surface area (Å²) in [5.74, 6) is -0.864. The number of ether oxygens (including phenoxy) is 3. The maximum absolute atomic E-state index is 13.2. The zero-order chi connectivity index (χ0) is 36.9. The fraction of sp³-hybridized carbons (Fsp3) is 0.250. The number of aliphatic hydroxyl groups excluding tert-OH is 1. The highest BCUT2D eigenvalue weighted by Gasteiger charge is 2.40. The molecule has 0 aliphatic carbocycles. The van der Waals surface area contributed by atoms with Crippen LogP contribution in [0.1, 0.15) is 53.1 Å². The molecule has 4 aromatic carbocycles. The molecule has 2 N–H and O–H groups in total. The van der Waals surface area contributed by atoms with E-state index in [9.17, 15) is 19.5 Å². The fourth-order valence-electron chi connectivity index (χ4n) is 6.49. The number of benzene rings is 4. The minimum absolute atomic E-state index is 0.0499. The van der Waals surface area contributed by atoms with Crippen LogP contribution in [0.5, 0.6) is 0 Å². The average Bonchev–Trinajstić information content (AvgIpc) is 3.64. The van der Waals surface area contributed by atoms with Crippen LogP contribution in [0.2, 0.25) is 10.3 Å². The number of amides is 3. The van der Waals surface area contributed by atoms with Gasteiger partial charge in [-0.25, -0.2) is 9.78 Å². The number of likely N-dealkylation sites (tertiary alicyclic amines) is 1. The Morgan fingerprint density at radius 1 is 0.868 bits per heavy atom. The van der Waals surface area contributed by atoms with Crippen molar-refractivity contribution in [1.29, 1.82) is 0 Å². The Balaban J connectivity index is 1.05. The lowest BCUT2D eigenvalue weighted by atomic mass is 9.98. The number of carbonyl (C=O) groups excluding carboxylic acids is 3. The van der Waals surface area contributed by atoms with Crippen molar-refractivity contribution in [1.82, 2.24) is 19.8 Å². The highest BCUT2D eigenvalue weighted by molar-refractivity contribution is 6.40. The summed E-state index contributed by atoms with van der Waals surface area (Å²) in [6, 6.07) is 31.2. The lowest BCUT2D eigenvalue weighted by Crippen LogP contribution is -2.41. The number of alkyl carbamates (subject to hydrolysis) is 1. The Morgan fingerprint density at radius 3 is 2.34 bits per heavy atom. The monoisotopic (exact) mass is 754 g/mol. The predicted octanol–water partition coefficient (Wildman–Crippen LogP) is 7.15. The Hall–Kier alpha value is -5.04. The van der Waals surface area contributed by atoms with Crippen molar-refractivity contribution in [2.45, 2.75) is 63.7 Å². The lowest BCUT2D eigenvalue weighted by molar-refractivity contribution is -0.252. The normalized spacial score (nSPS) is 20.1. The highest BCUT2D eigenvalue weighted by Crippen LogP contribution is 2.40. The molecule has 13 heteroatoms. The van der Waals surface area contributed by atoms with Crippen molar-refractivity contribution in [2.24, 2.45) is 0 Å². The van der Waals surface area contributed by atoms with Crippen LogP contribution in [0.25, 0.3) is 11.1 Å². The summed E-state index contributed by atoms with van der Waals surface area (Å²) in [6.07, 6.45) is -0.111. The Labute approximate surface area is 316 Å². The van der Waals surface area contributed by atoms with Crippen molar-refractivity contribution >= 4 is 41.1 Å². The van der Waals surface area contributed by atoms with E-state index < -0.39 is 24.3 Å². The zero-order valence-electron chi connectivity index (χ0n) is 28.4. The number of halogens is 2. The van der Waals surface area contributed by atoms with E-state index in [4.69, 9.17) is 37.4 Å². The lowest BCUT2D eigenvalue weighted by Gasteiger charge is -2.36. The minimum Gasteiger partial charge on any atom is -0.445 e. The predicted molar refractivity (Wildman–Crippen MR) is 196 cm³/mol. The van der Waals surface area contributed by atoms with E-state index in [0.717, 1.165) is 43.8 Å². The maximum atomic E-state index is 13.2. The van der Waals surface area contributed by atoms with E-state index >= 15 is 0 Å². The van der Waals surface area contributed by atoms with Gasteiger partial charge in [-0.1, -0.05) is 114 Å². The number of nitrogens with one attached hydrogen (secondary N) is 1. The van der Waals surface area contributed by atoms with Gasteiger partial charge in [0.15, 0.2) is 11.4 Å². The molecule has 0 spiro atoms. The number of aliphatic hydroxyl groups is 1. The van der Waals surface area contributed by atoms with E-state index in [1.54, 1.807) is 10.9 Å². The summed E-state index contributed by atoms with van der Waals surface area (Å²) in [5, 5.41) is 12.6. The molecule has 3 heterocycles. The standard InChI is InChI=1S/C40H36Cl2N4O7/c41-36-37(42)45(24-43-36)21-32-18-34(28-14-12-25(22-47)13-15-28)53-39(52-32)31-11-5-10-30(17-31)29-9-4-8-27(16-29)20-46-35(48)19-33(38(46)49)44-40(50)51-23-26-6-2-1-3-7-26/h1-17,24,32-34,39,47H,18-23H2,(H,44,50). The van der Waals surface area contributed by atoms with Crippen LogP contribution in [-0.2, 0) is 50.1 Å². The zero-order valence-corrected chi connectivity index (χ0v) is 30.0. The van der Waals surface area contributed by atoms with Crippen molar-refractivity contribution < 1.29 is 33.7 Å². The smallest absolute Gasteiger partial charge is 0.408 e. The molecule has 2 saturated heterocycles. The van der Waals surface area contributed by atoms with Gasteiger partial charge in [0.2, 0.25) is 5.91 Å². The molecule has 11 nitrogen and oxygen atoms in total. The van der Waals surface area contributed by atoms with Crippen molar-refractivity contribution in [3.05, 3.63) is 148 Å². The van der Waals surface area contributed by atoms with E-state index in [2.05, 4.69) is 10.3 Å². The van der Waals surface area contributed by atoms with Crippen LogP contribution in [0.4, 0.5) is 4.79 Å². The van der Waals surface area contributed by atoms with Gasteiger partial charge in [-0.15, -0.1) is 0 Å². The summed E-state index contributed by atoms with van der Waals surface area (Å²) in [4.78, 5) is 43.8. The quantitative estimate of drug-likeness (QED) is 0.136. The molecule has 4 atom stereocenters. The molecule has 272 valence electrons. The van der Waals surface area contributed by atoms with Crippen LogP contribution < -0.4 is 5.32 Å². The van der Waals surface area contributed by atoms with Gasteiger partial charge in [-0.2, -0.15) is 0 Å². The van der Waals surface area contributed by atoms with Gasteiger partial charge in [0, 0.05) is 12.0 Å². The van der Waals surface area contributed by atoms with Crippen molar-refractivity contribution in [2.75, 3.05) is 0 Å². The molecular weight excluding hydrogens is 719 g/mol. The van der Waals surface area contributed by atoms with Crippen LogP contribution in [0, 0.1) is 0 Å². The van der Waals surface area contributed by atoms with Gasteiger partial charge in [-0.3, -0.25) is 14.5 Å². The molecule has 5 aromatic rings. The molecule has 53 heavy (non-hydrogen) atoms. The van der Waals surface area contributed by atoms with Crippen molar-refractivity contribution in [3.63, 3.8) is 0 Å². The number of hydrogen-bond acceptors (Lipinski definition) is 8. The third kappa shape index (κ3) is 8.62. The first kappa shape index (κ1) is 36.3. The number of rotatable bonds is 11. The summed E-state index contributed by atoms with van der Waals surface area (Å²) >= 11 is 12.5. The first-order chi connectivity index (χ1) is 25.7. The van der Waals surface area contributed by atoms with E-state index in [1.807, 2.05) is 103 Å². The number of nitrogens with zero attached hydrogens (tertiary/aromatic N) is 3. The molecule has 0 radical (unpaired) electrons. The molecule has 2 aliphatic heterocycles. The number of aromatic nitrogens is 2. The van der Waals surface area contributed by atoms with E-state index in [-0.39, 0.29) is 49.4 Å². The van der Waals surface area contributed by atoms with Gasteiger partial charge in [0.1, 0.15) is 17.8 Å². The number of carbonyl (C=O) groups is 3. The Bertz CT molecular complexity index is 2090. The molecule has 2 aliphatic rings. The molecule has 7 rings (SSSR count). The molecule has 3 amide bonds. The minimum atomic E-state index is -0.997. The molecule has 1 aromatic heterocycles. The summed E-state index contributed by atoms with van der Waals surface area (Å²) < 4.78 is 20.0. The topological polar surface area (TPSA) is 132 Å². The van der Waals surface area contributed by atoms with Crippen LogP contribution in [0.3, 0.4) is 0 Å². The van der Waals surface area contributed by atoms with Crippen LogP contribution in [-0.4, -0.2) is 49.6 Å². The molecular formula is C40H36Cl2N4O7. The summed E-state index contributed by atoms with van der Waals surface area (Å²) in [5.41, 5.74) is 5.85. The SMILES string of the molecule is O=C(NC1CC(=O)N(Cc2cccc(-c3cccc(C4OC(Cn5cnc(Cl)c5Cl)CC(c5ccc(CO)cc5)O4)c3)c2)C1=O)OCc1ccccc1. The van der Waals surface area contributed by atoms with Crippen molar-refractivity contribution in [3.8, 4) is 11.1 Å². The maximum Gasteiger partial charge on any atom is 0.408 e. The van der Waals surface area contributed by atoms with Crippen LogP contribution >= 0.6 is 23.2 Å². The molecule has 0 saturated carbocycles. The second-order valence-electron chi connectivity index (χ2n) is 12.9. The number of hydrogen-bond donors (Lipinski definition) is 2. The van der Waals surface area contributed by atoms with Gasteiger partial charge in [-0.05, 0) is 45.5 Å². The van der Waals surface area contributed by atoms with E-state index in [0.29, 0.717) is 18.1 Å². The molecule has 4 unspecified atom stereocenters. The second kappa shape index (κ2) is 16.3. The second-order valence-corrected chi connectivity index (χ2v) is 13.7. The Morgan fingerprint density at radius 2 is 1.60 bits per heavy atom. The highest BCUT2D eigenvalue weighted by atomic mass is 35.5. The number of imide groups is 1. The Kier molecular flexibility index (Phi) is 11.2. The van der Waals surface area contributed by atoms with E-state index in [1.165, 1.54) is 0 Å². The summed E-state index contributed by atoms with van der Waals surface area (Å²) in [7, 11) is 0. The third-order valence-corrected chi connectivity index (χ3v) is 10.0. The fourth-order valence-corrected chi connectivity index (χ4v) is 6.80. The van der Waals surface area contributed by atoms with Gasteiger partial charge < -0.3 is 29.2 Å². The largest absolute Gasteiger partial charge is 0.445 e. The average molecular weight is 756 g/mol. The molecule has 2 fully saturated rings. The van der Waals surface area contributed by atoms with Gasteiger partial charge >= 0.3 is 6.09 Å².